The molecule has 0 radical (unpaired) electrons. The van der Waals surface area contributed by atoms with Crippen LogP contribution in [-0.2, 0) is 23.6 Å². The average Bonchev–Trinajstić information content (AvgIpc) is 3.57. The van der Waals surface area contributed by atoms with E-state index in [1.165, 1.54) is 10.9 Å². The number of anilines is 1. The lowest BCUT2D eigenvalue weighted by atomic mass is 10.0. The summed E-state index contributed by atoms with van der Waals surface area (Å²) in [6.07, 6.45) is -8.49. The summed E-state index contributed by atoms with van der Waals surface area (Å²) in [4.78, 5) is 6.37. The van der Waals surface area contributed by atoms with Crippen molar-refractivity contribution in [2.24, 2.45) is 0 Å². The summed E-state index contributed by atoms with van der Waals surface area (Å²) in [5, 5.41) is 13.5. The van der Waals surface area contributed by atoms with Crippen molar-refractivity contribution in [3.8, 4) is 22.7 Å². The molecule has 1 fully saturated rings. The molecule has 0 atom stereocenters. The van der Waals surface area contributed by atoms with Gasteiger partial charge in [0.2, 0.25) is 0 Å². The first-order chi connectivity index (χ1) is 20.0. The van der Waals surface area contributed by atoms with Gasteiger partial charge in [0.05, 0.1) is 41.3 Å². The molecule has 2 aromatic carbocycles. The van der Waals surface area contributed by atoms with Crippen molar-refractivity contribution in [3.63, 3.8) is 0 Å². The minimum absolute atomic E-state index is 0.0892. The van der Waals surface area contributed by atoms with E-state index in [2.05, 4.69) is 20.5 Å². The van der Waals surface area contributed by atoms with Crippen LogP contribution in [0.1, 0.15) is 16.7 Å². The molecule has 5 aromatic rings. The summed E-state index contributed by atoms with van der Waals surface area (Å²) < 4.78 is 93.6. The maximum absolute atomic E-state index is 13.5. The Hall–Kier alpha value is -4.17. The van der Waals surface area contributed by atoms with Gasteiger partial charge in [0.25, 0.3) is 0 Å². The van der Waals surface area contributed by atoms with Gasteiger partial charge in [0.15, 0.2) is 17.3 Å². The van der Waals surface area contributed by atoms with E-state index in [0.717, 1.165) is 0 Å². The zero-order valence-electron chi connectivity index (χ0n) is 21.4. The maximum atomic E-state index is 13.5. The maximum Gasteiger partial charge on any atom is 0.416 e. The van der Waals surface area contributed by atoms with Gasteiger partial charge in [-0.3, -0.25) is 4.98 Å². The average molecular weight is 609 g/mol. The van der Waals surface area contributed by atoms with E-state index in [9.17, 15) is 26.3 Å². The van der Waals surface area contributed by atoms with Gasteiger partial charge in [-0.15, -0.1) is 5.10 Å². The highest BCUT2D eigenvalue weighted by molar-refractivity contribution is 6.33. The second-order valence-electron chi connectivity index (χ2n) is 9.48. The van der Waals surface area contributed by atoms with Crippen LogP contribution >= 0.6 is 11.6 Å². The number of aromatic nitrogens is 5. The number of morpholine rings is 1. The molecule has 0 bridgehead atoms. The van der Waals surface area contributed by atoms with Crippen LogP contribution in [0.4, 0.5) is 32.2 Å². The second kappa shape index (κ2) is 10.6. The highest BCUT2D eigenvalue weighted by Gasteiger charge is 2.37. The lowest BCUT2D eigenvalue weighted by Crippen LogP contribution is -2.38. The normalized spacial score (nSPS) is 14.6. The van der Waals surface area contributed by atoms with Gasteiger partial charge in [-0.2, -0.15) is 26.3 Å². The van der Waals surface area contributed by atoms with Gasteiger partial charge in [-0.25, -0.2) is 4.68 Å². The van der Waals surface area contributed by atoms with Gasteiger partial charge in [-0.1, -0.05) is 34.1 Å². The number of ether oxygens (including phenoxy) is 1. The molecule has 218 valence electrons. The fourth-order valence-corrected chi connectivity index (χ4v) is 5.06. The van der Waals surface area contributed by atoms with Crippen LogP contribution in [0.25, 0.3) is 33.6 Å². The number of nitrogens with zero attached hydrogens (tertiary/aromatic N) is 6. The number of alkyl halides is 6. The fourth-order valence-electron chi connectivity index (χ4n) is 4.84. The molecule has 0 unspecified atom stereocenters. The minimum Gasteiger partial charge on any atom is -0.378 e. The van der Waals surface area contributed by atoms with Crippen LogP contribution in [0.2, 0.25) is 5.02 Å². The topological polar surface area (TPSA) is 82.1 Å². The number of halogens is 7. The minimum atomic E-state index is -4.99. The Bertz CT molecular complexity index is 1730. The smallest absolute Gasteiger partial charge is 0.378 e. The molecule has 42 heavy (non-hydrogen) atoms. The van der Waals surface area contributed by atoms with Crippen molar-refractivity contribution in [2.75, 3.05) is 31.2 Å². The zero-order chi connectivity index (χ0) is 29.6. The molecular weight excluding hydrogens is 590 g/mol. The Balaban J connectivity index is 1.52. The van der Waals surface area contributed by atoms with Crippen molar-refractivity contribution in [3.05, 3.63) is 76.4 Å². The predicted octanol–water partition coefficient (Wildman–Crippen LogP) is 6.72. The molecule has 0 N–H and O–H groups in total. The first-order valence-electron chi connectivity index (χ1n) is 12.5. The third-order valence-corrected chi connectivity index (χ3v) is 7.06. The van der Waals surface area contributed by atoms with Crippen LogP contribution in [-0.4, -0.2) is 51.4 Å². The molecule has 0 amide bonds. The van der Waals surface area contributed by atoms with Gasteiger partial charge in [0.1, 0.15) is 11.2 Å². The number of benzene rings is 2. The van der Waals surface area contributed by atoms with Crippen LogP contribution in [0.15, 0.2) is 59.3 Å². The molecule has 6 rings (SSSR count). The summed E-state index contributed by atoms with van der Waals surface area (Å²) in [5.41, 5.74) is -1.57. The summed E-state index contributed by atoms with van der Waals surface area (Å²) in [6.45, 7) is 0.982. The van der Waals surface area contributed by atoms with Gasteiger partial charge in [0, 0.05) is 24.8 Å². The Morgan fingerprint density at radius 3 is 2.24 bits per heavy atom. The molecule has 1 aliphatic heterocycles. The van der Waals surface area contributed by atoms with Crippen molar-refractivity contribution in [1.82, 2.24) is 25.1 Å². The standard InChI is InChI=1S/C27H19ClF6N6O2/c28-19-4-2-1-3-18(19)24-21-20(37-42-24)5-6-35-22(21)23-25(39-7-9-41-10-8-39)40(38-36-23)14-15-11-16(26(29,30)31)13-17(12-15)27(32,33)34/h1-6,11-13H,7-10,14H2. The summed E-state index contributed by atoms with van der Waals surface area (Å²) in [6, 6.07) is 10.0. The monoisotopic (exact) mass is 608 g/mol. The van der Waals surface area contributed by atoms with Crippen molar-refractivity contribution < 1.29 is 35.6 Å². The van der Waals surface area contributed by atoms with Crippen molar-refractivity contribution in [2.45, 2.75) is 18.9 Å². The quantitative estimate of drug-likeness (QED) is 0.205. The van der Waals surface area contributed by atoms with E-state index in [4.69, 9.17) is 20.9 Å². The number of fused-ring (bicyclic) bond motifs is 1. The Morgan fingerprint density at radius 2 is 1.57 bits per heavy atom. The molecule has 4 heterocycles. The molecule has 0 spiro atoms. The molecular formula is C27H19ClF6N6O2. The Labute approximate surface area is 238 Å². The molecule has 0 aliphatic carbocycles. The van der Waals surface area contributed by atoms with E-state index in [1.54, 1.807) is 30.3 Å². The van der Waals surface area contributed by atoms with Crippen LogP contribution in [0.5, 0.6) is 0 Å². The molecule has 15 heteroatoms. The van der Waals surface area contributed by atoms with E-state index in [0.29, 0.717) is 77.2 Å². The van der Waals surface area contributed by atoms with Crippen molar-refractivity contribution >= 4 is 28.3 Å². The third kappa shape index (κ3) is 5.27. The van der Waals surface area contributed by atoms with Crippen LogP contribution in [0.3, 0.4) is 0 Å². The lowest BCUT2D eigenvalue weighted by Gasteiger charge is -2.29. The fraction of sp³-hybridized carbons (Fsp3) is 0.259. The summed E-state index contributed by atoms with van der Waals surface area (Å²) >= 11 is 6.43. The van der Waals surface area contributed by atoms with Gasteiger partial charge < -0.3 is 14.2 Å². The SMILES string of the molecule is FC(F)(F)c1cc(Cn2nnc(-c3nccc4noc(-c5ccccc5Cl)c34)c2N2CCOCC2)cc(C(F)(F)F)c1. The third-order valence-electron chi connectivity index (χ3n) is 6.73. The first kappa shape index (κ1) is 28.0. The van der Waals surface area contributed by atoms with E-state index < -0.39 is 30.0 Å². The number of hydrogen-bond acceptors (Lipinski definition) is 7. The Morgan fingerprint density at radius 1 is 0.881 bits per heavy atom. The summed E-state index contributed by atoms with van der Waals surface area (Å²) in [7, 11) is 0. The highest BCUT2D eigenvalue weighted by atomic mass is 35.5. The zero-order valence-corrected chi connectivity index (χ0v) is 22.1. The van der Waals surface area contributed by atoms with Crippen LogP contribution in [0, 0.1) is 0 Å². The summed E-state index contributed by atoms with van der Waals surface area (Å²) in [5.74, 6) is 0.657. The number of pyridine rings is 1. The van der Waals surface area contributed by atoms with Gasteiger partial charge in [-0.05, 0) is 42.0 Å². The molecule has 0 saturated carbocycles. The van der Waals surface area contributed by atoms with Crippen LogP contribution < -0.4 is 4.90 Å². The largest absolute Gasteiger partial charge is 0.416 e. The molecule has 1 saturated heterocycles. The lowest BCUT2D eigenvalue weighted by molar-refractivity contribution is -0.143. The highest BCUT2D eigenvalue weighted by Crippen LogP contribution is 2.41. The molecule has 3 aromatic heterocycles. The van der Waals surface area contributed by atoms with E-state index in [1.807, 2.05) is 4.90 Å². The van der Waals surface area contributed by atoms with Gasteiger partial charge >= 0.3 is 12.4 Å². The molecule has 1 aliphatic rings. The van der Waals surface area contributed by atoms with E-state index >= 15 is 0 Å². The molecule has 8 nitrogen and oxygen atoms in total. The number of rotatable bonds is 5. The second-order valence-corrected chi connectivity index (χ2v) is 9.89. The Kier molecular flexibility index (Phi) is 7.05. The first-order valence-corrected chi connectivity index (χ1v) is 12.9. The number of hydrogen-bond donors (Lipinski definition) is 0. The predicted molar refractivity (Wildman–Crippen MR) is 140 cm³/mol. The van der Waals surface area contributed by atoms with E-state index in [-0.39, 0.29) is 17.3 Å². The van der Waals surface area contributed by atoms with Crippen molar-refractivity contribution in [1.29, 1.82) is 0 Å².